The zero-order valence-electron chi connectivity index (χ0n) is 8.06. The number of hydrogen-bond donors (Lipinski definition) is 1. The Kier molecular flexibility index (Phi) is 7.33. The highest BCUT2D eigenvalue weighted by atomic mass is 14.8. The van der Waals surface area contributed by atoms with Crippen molar-refractivity contribution in [3.8, 4) is 0 Å². The Hall–Kier alpha value is -0.460. The molecule has 0 saturated heterocycles. The van der Waals surface area contributed by atoms with Crippen LogP contribution >= 0.6 is 0 Å². The fraction of sp³-hybridized carbons (Fsp3) is 0.800. The summed E-state index contributed by atoms with van der Waals surface area (Å²) in [6.45, 7) is 4.58. The van der Waals surface area contributed by atoms with Gasteiger partial charge in [-0.05, 0) is 25.0 Å². The van der Waals surface area contributed by atoms with Gasteiger partial charge in [0.05, 0.1) is 0 Å². The Balaban J connectivity index is 3.16. The highest BCUT2D eigenvalue weighted by Crippen LogP contribution is 2.11. The summed E-state index contributed by atoms with van der Waals surface area (Å²) in [6.07, 6.45) is 9.43. The van der Waals surface area contributed by atoms with Crippen molar-refractivity contribution in [3.63, 3.8) is 0 Å². The molecule has 1 N–H and O–H groups in total. The van der Waals surface area contributed by atoms with Gasteiger partial charge in [-0.3, -0.25) is 0 Å². The smallest absolute Gasteiger partial charge is 0.00276 e. The van der Waals surface area contributed by atoms with Gasteiger partial charge < -0.3 is 5.32 Å². The number of rotatable bonds is 6. The van der Waals surface area contributed by atoms with Crippen molar-refractivity contribution in [3.05, 3.63) is 12.3 Å². The average Bonchev–Trinajstić information content (AvgIpc) is 1.99. The largest absolute Gasteiger partial charge is 0.394 e. The Morgan fingerprint density at radius 1 is 1.36 bits per heavy atom. The van der Waals surface area contributed by atoms with Crippen molar-refractivity contribution < 1.29 is 0 Å². The molecule has 0 aromatic rings. The van der Waals surface area contributed by atoms with Crippen LogP contribution in [0.25, 0.3) is 0 Å². The predicted octanol–water partition coefficient (Wildman–Crippen LogP) is 2.94. The third kappa shape index (κ3) is 7.44. The molecule has 0 rings (SSSR count). The SMILES string of the molecule is CCC[C@H](C)CC/C=C/NC. The van der Waals surface area contributed by atoms with Gasteiger partial charge in [-0.1, -0.05) is 32.8 Å². The summed E-state index contributed by atoms with van der Waals surface area (Å²) in [5.74, 6) is 0.890. The molecule has 0 aliphatic heterocycles. The van der Waals surface area contributed by atoms with Crippen molar-refractivity contribution in [1.82, 2.24) is 5.32 Å². The average molecular weight is 155 g/mol. The van der Waals surface area contributed by atoms with Crippen LogP contribution in [0.3, 0.4) is 0 Å². The monoisotopic (exact) mass is 155 g/mol. The molecule has 0 fully saturated rings. The van der Waals surface area contributed by atoms with Gasteiger partial charge >= 0.3 is 0 Å². The second kappa shape index (κ2) is 7.64. The summed E-state index contributed by atoms with van der Waals surface area (Å²) in [5.41, 5.74) is 0. The highest BCUT2D eigenvalue weighted by molar-refractivity contribution is 4.78. The molecular weight excluding hydrogens is 134 g/mol. The van der Waals surface area contributed by atoms with Crippen LogP contribution in [0.15, 0.2) is 12.3 Å². The van der Waals surface area contributed by atoms with E-state index in [-0.39, 0.29) is 0 Å². The predicted molar refractivity (Wildman–Crippen MR) is 51.5 cm³/mol. The number of hydrogen-bond acceptors (Lipinski definition) is 1. The molecular formula is C10H21N. The molecule has 0 aromatic heterocycles. The molecule has 0 radical (unpaired) electrons. The minimum absolute atomic E-state index is 0.890. The van der Waals surface area contributed by atoms with E-state index in [0.717, 1.165) is 5.92 Å². The zero-order valence-corrected chi connectivity index (χ0v) is 8.06. The molecule has 11 heavy (non-hydrogen) atoms. The molecule has 66 valence electrons. The molecule has 0 spiro atoms. The number of nitrogens with one attached hydrogen (secondary N) is 1. The van der Waals surface area contributed by atoms with Crippen LogP contribution in [0.1, 0.15) is 39.5 Å². The van der Waals surface area contributed by atoms with Gasteiger partial charge in [0.2, 0.25) is 0 Å². The maximum Gasteiger partial charge on any atom is 0.00276 e. The molecule has 0 aliphatic rings. The molecule has 1 atom stereocenters. The standard InChI is InChI=1S/C10H21N/c1-4-7-10(2)8-5-6-9-11-3/h6,9-11H,4-5,7-8H2,1-3H3/b9-6+/t10-/m0/s1. The lowest BCUT2D eigenvalue weighted by atomic mass is 10.0. The second-order valence-electron chi connectivity index (χ2n) is 3.16. The first-order valence-corrected chi connectivity index (χ1v) is 4.63. The van der Waals surface area contributed by atoms with Gasteiger partial charge in [-0.15, -0.1) is 0 Å². The van der Waals surface area contributed by atoms with Crippen LogP contribution in [0.5, 0.6) is 0 Å². The minimum Gasteiger partial charge on any atom is -0.394 e. The van der Waals surface area contributed by atoms with E-state index in [0.29, 0.717) is 0 Å². The summed E-state index contributed by atoms with van der Waals surface area (Å²) < 4.78 is 0. The zero-order chi connectivity index (χ0) is 8.53. The Morgan fingerprint density at radius 2 is 2.09 bits per heavy atom. The van der Waals surface area contributed by atoms with Gasteiger partial charge in [0, 0.05) is 7.05 Å². The molecule has 0 bridgehead atoms. The summed E-state index contributed by atoms with van der Waals surface area (Å²) in [4.78, 5) is 0. The molecule has 0 aromatic carbocycles. The maximum atomic E-state index is 2.99. The Labute approximate surface area is 70.9 Å². The maximum absolute atomic E-state index is 2.99. The normalized spacial score (nSPS) is 13.7. The van der Waals surface area contributed by atoms with E-state index in [9.17, 15) is 0 Å². The molecule has 0 unspecified atom stereocenters. The van der Waals surface area contributed by atoms with Gasteiger partial charge in [-0.25, -0.2) is 0 Å². The first-order valence-electron chi connectivity index (χ1n) is 4.63. The van der Waals surface area contributed by atoms with Gasteiger partial charge in [0.1, 0.15) is 0 Å². The Bertz CT molecular complexity index is 97.0. The van der Waals surface area contributed by atoms with E-state index >= 15 is 0 Å². The third-order valence-corrected chi connectivity index (χ3v) is 1.89. The van der Waals surface area contributed by atoms with Crippen LogP contribution < -0.4 is 5.32 Å². The van der Waals surface area contributed by atoms with Crippen molar-refractivity contribution in [2.75, 3.05) is 7.05 Å². The first kappa shape index (κ1) is 10.5. The van der Waals surface area contributed by atoms with Crippen molar-refractivity contribution >= 4 is 0 Å². The lowest BCUT2D eigenvalue weighted by molar-refractivity contribution is 0.490. The van der Waals surface area contributed by atoms with E-state index in [2.05, 4.69) is 25.2 Å². The quantitative estimate of drug-likeness (QED) is 0.622. The Morgan fingerprint density at radius 3 is 2.64 bits per heavy atom. The first-order chi connectivity index (χ1) is 5.31. The summed E-state index contributed by atoms with van der Waals surface area (Å²) in [7, 11) is 1.94. The molecule has 1 nitrogen and oxygen atoms in total. The second-order valence-corrected chi connectivity index (χ2v) is 3.16. The van der Waals surface area contributed by atoms with Crippen LogP contribution in [0.2, 0.25) is 0 Å². The lowest BCUT2D eigenvalue weighted by Crippen LogP contribution is -1.94. The van der Waals surface area contributed by atoms with Crippen LogP contribution in [-0.4, -0.2) is 7.05 Å². The van der Waals surface area contributed by atoms with Crippen LogP contribution in [0.4, 0.5) is 0 Å². The van der Waals surface area contributed by atoms with Gasteiger partial charge in [-0.2, -0.15) is 0 Å². The molecule has 0 heterocycles. The molecule has 1 heteroatoms. The molecule has 0 amide bonds. The topological polar surface area (TPSA) is 12.0 Å². The van der Waals surface area contributed by atoms with E-state index in [4.69, 9.17) is 0 Å². The lowest BCUT2D eigenvalue weighted by Gasteiger charge is -2.06. The van der Waals surface area contributed by atoms with Crippen LogP contribution in [0, 0.1) is 5.92 Å². The van der Waals surface area contributed by atoms with Gasteiger partial charge in [0.15, 0.2) is 0 Å². The third-order valence-electron chi connectivity index (χ3n) is 1.89. The minimum atomic E-state index is 0.890. The molecule has 0 aliphatic carbocycles. The van der Waals surface area contributed by atoms with E-state index < -0.39 is 0 Å². The summed E-state index contributed by atoms with van der Waals surface area (Å²) in [6, 6.07) is 0. The molecule has 0 saturated carbocycles. The van der Waals surface area contributed by atoms with E-state index in [1.54, 1.807) is 0 Å². The summed E-state index contributed by atoms with van der Waals surface area (Å²) >= 11 is 0. The van der Waals surface area contributed by atoms with Crippen molar-refractivity contribution in [2.45, 2.75) is 39.5 Å². The summed E-state index contributed by atoms with van der Waals surface area (Å²) in [5, 5.41) is 2.99. The van der Waals surface area contributed by atoms with Crippen molar-refractivity contribution in [2.24, 2.45) is 5.92 Å². The fourth-order valence-electron chi connectivity index (χ4n) is 1.22. The van der Waals surface area contributed by atoms with Crippen molar-refractivity contribution in [1.29, 1.82) is 0 Å². The van der Waals surface area contributed by atoms with E-state index in [1.165, 1.54) is 25.7 Å². The van der Waals surface area contributed by atoms with E-state index in [1.807, 2.05) is 13.2 Å². The number of allylic oxidation sites excluding steroid dienone is 1. The van der Waals surface area contributed by atoms with Crippen LogP contribution in [-0.2, 0) is 0 Å². The highest BCUT2D eigenvalue weighted by Gasteiger charge is 1.97. The fourth-order valence-corrected chi connectivity index (χ4v) is 1.22. The van der Waals surface area contributed by atoms with Gasteiger partial charge in [0.25, 0.3) is 0 Å².